The van der Waals surface area contributed by atoms with Gasteiger partial charge in [0, 0.05) is 0 Å². The highest BCUT2D eigenvalue weighted by Crippen LogP contribution is 2.37. The fourth-order valence-corrected chi connectivity index (χ4v) is 2.75. The average Bonchev–Trinajstić information content (AvgIpc) is 2.82. The van der Waals surface area contributed by atoms with E-state index in [9.17, 15) is 4.79 Å². The van der Waals surface area contributed by atoms with E-state index >= 15 is 0 Å². The second-order valence-electron chi connectivity index (χ2n) is 5.05. The molecule has 1 nitrogen and oxygen atoms in total. The molecule has 1 aliphatic carbocycles. The van der Waals surface area contributed by atoms with E-state index in [1.54, 1.807) is 0 Å². The maximum atomic E-state index is 12.2. The van der Waals surface area contributed by atoms with Crippen molar-refractivity contribution in [1.29, 1.82) is 0 Å². The Balaban J connectivity index is 1.91. The van der Waals surface area contributed by atoms with Gasteiger partial charge in [0.2, 0.25) is 0 Å². The molecule has 3 rings (SSSR count). The summed E-state index contributed by atoms with van der Waals surface area (Å²) in [6, 6.07) is 18.3. The van der Waals surface area contributed by atoms with E-state index in [4.69, 9.17) is 0 Å². The lowest BCUT2D eigenvalue weighted by Crippen LogP contribution is -2.06. The van der Waals surface area contributed by atoms with Crippen molar-refractivity contribution < 1.29 is 4.79 Å². The third-order valence-corrected chi connectivity index (χ3v) is 3.79. The van der Waals surface area contributed by atoms with Gasteiger partial charge < -0.3 is 0 Å². The molecule has 1 heteroatoms. The van der Waals surface area contributed by atoms with E-state index < -0.39 is 0 Å². The van der Waals surface area contributed by atoms with E-state index in [1.165, 1.54) is 5.56 Å². The van der Waals surface area contributed by atoms with Crippen LogP contribution < -0.4 is 0 Å². The molecule has 19 heavy (non-hydrogen) atoms. The monoisotopic (exact) mass is 248 g/mol. The molecule has 94 valence electrons. The SMILES string of the molecule is Cc1ccccc1C1CC(c2ccccc2)=CC1=O. The first-order valence-electron chi connectivity index (χ1n) is 6.61. The zero-order chi connectivity index (χ0) is 13.2. The molecule has 0 aromatic heterocycles. The Hall–Kier alpha value is -2.15. The summed E-state index contributed by atoms with van der Waals surface area (Å²) in [7, 11) is 0. The maximum Gasteiger partial charge on any atom is 0.163 e. The van der Waals surface area contributed by atoms with Crippen LogP contribution in [0.1, 0.15) is 29.0 Å². The number of hydrogen-bond acceptors (Lipinski definition) is 1. The number of carbonyl (C=O) groups is 1. The van der Waals surface area contributed by atoms with Crippen molar-refractivity contribution in [3.05, 3.63) is 77.4 Å². The molecule has 0 radical (unpaired) electrons. The first-order chi connectivity index (χ1) is 9.25. The summed E-state index contributed by atoms with van der Waals surface area (Å²) in [5.41, 5.74) is 4.67. The van der Waals surface area contributed by atoms with E-state index in [0.29, 0.717) is 0 Å². The fraction of sp³-hybridized carbons (Fsp3) is 0.167. The van der Waals surface area contributed by atoms with Crippen LogP contribution in [0.2, 0.25) is 0 Å². The largest absolute Gasteiger partial charge is 0.294 e. The van der Waals surface area contributed by atoms with Crippen molar-refractivity contribution >= 4 is 11.4 Å². The van der Waals surface area contributed by atoms with Crippen LogP contribution >= 0.6 is 0 Å². The number of hydrogen-bond donors (Lipinski definition) is 0. The lowest BCUT2D eigenvalue weighted by molar-refractivity contribution is -0.115. The maximum absolute atomic E-state index is 12.2. The molecule has 0 N–H and O–H groups in total. The summed E-state index contributed by atoms with van der Waals surface area (Å²) in [6.45, 7) is 2.07. The lowest BCUT2D eigenvalue weighted by atomic mass is 9.90. The molecule has 0 amide bonds. The predicted molar refractivity (Wildman–Crippen MR) is 78.0 cm³/mol. The quantitative estimate of drug-likeness (QED) is 0.780. The zero-order valence-electron chi connectivity index (χ0n) is 11.0. The second-order valence-corrected chi connectivity index (χ2v) is 5.05. The molecule has 1 atom stereocenters. The molecule has 0 fully saturated rings. The first-order valence-corrected chi connectivity index (χ1v) is 6.61. The Morgan fingerprint density at radius 2 is 1.63 bits per heavy atom. The van der Waals surface area contributed by atoms with Gasteiger partial charge in [0.1, 0.15) is 0 Å². The number of carbonyl (C=O) groups excluding carboxylic acids is 1. The highest BCUT2D eigenvalue weighted by atomic mass is 16.1. The van der Waals surface area contributed by atoms with Crippen LogP contribution in [0.15, 0.2) is 60.7 Å². The molecule has 2 aromatic rings. The van der Waals surface area contributed by atoms with E-state index in [0.717, 1.165) is 23.1 Å². The van der Waals surface area contributed by atoms with E-state index in [1.807, 2.05) is 36.4 Å². The summed E-state index contributed by atoms with van der Waals surface area (Å²) < 4.78 is 0. The highest BCUT2D eigenvalue weighted by Gasteiger charge is 2.28. The lowest BCUT2D eigenvalue weighted by Gasteiger charge is -2.12. The Labute approximate surface area is 113 Å². The van der Waals surface area contributed by atoms with Gasteiger partial charge in [-0.2, -0.15) is 0 Å². The van der Waals surface area contributed by atoms with E-state index in [2.05, 4.69) is 31.2 Å². The minimum Gasteiger partial charge on any atom is -0.294 e. The third-order valence-electron chi connectivity index (χ3n) is 3.79. The molecule has 1 aliphatic rings. The summed E-state index contributed by atoms with van der Waals surface area (Å²) in [5, 5.41) is 0. The zero-order valence-corrected chi connectivity index (χ0v) is 11.0. The van der Waals surface area contributed by atoms with Gasteiger partial charge in [0.15, 0.2) is 5.78 Å². The van der Waals surface area contributed by atoms with Gasteiger partial charge in [0.05, 0.1) is 5.92 Å². The fourth-order valence-electron chi connectivity index (χ4n) is 2.75. The molecule has 0 bridgehead atoms. The van der Waals surface area contributed by atoms with Crippen molar-refractivity contribution in [1.82, 2.24) is 0 Å². The van der Waals surface area contributed by atoms with E-state index in [-0.39, 0.29) is 11.7 Å². The summed E-state index contributed by atoms with van der Waals surface area (Å²) in [5.74, 6) is 0.226. The standard InChI is InChI=1S/C18H16O/c1-13-7-5-6-10-16(13)17-11-15(12-18(17)19)14-8-3-2-4-9-14/h2-10,12,17H,11H2,1H3. The topological polar surface area (TPSA) is 17.1 Å². The van der Waals surface area contributed by atoms with Gasteiger partial charge in [-0.1, -0.05) is 54.6 Å². The Morgan fingerprint density at radius 1 is 0.947 bits per heavy atom. The molecule has 0 saturated heterocycles. The van der Waals surface area contributed by atoms with Gasteiger partial charge >= 0.3 is 0 Å². The molecule has 0 heterocycles. The third kappa shape index (κ3) is 2.24. The van der Waals surface area contributed by atoms with Crippen molar-refractivity contribution in [2.45, 2.75) is 19.3 Å². The molecular weight excluding hydrogens is 232 g/mol. The van der Waals surface area contributed by atoms with Crippen molar-refractivity contribution in [2.24, 2.45) is 0 Å². The minimum absolute atomic E-state index is 0.00333. The molecule has 0 aliphatic heterocycles. The smallest absolute Gasteiger partial charge is 0.163 e. The number of aryl methyl sites for hydroxylation is 1. The van der Waals surface area contributed by atoms with Gasteiger partial charge in [-0.25, -0.2) is 0 Å². The van der Waals surface area contributed by atoms with Crippen LogP contribution in [0, 0.1) is 6.92 Å². The number of benzene rings is 2. The summed E-state index contributed by atoms with van der Waals surface area (Å²) >= 11 is 0. The van der Waals surface area contributed by atoms with Crippen LogP contribution in [0.4, 0.5) is 0 Å². The Bertz CT molecular complexity index is 638. The number of ketones is 1. The van der Waals surface area contributed by atoms with Crippen LogP contribution in [-0.2, 0) is 4.79 Å². The normalized spacial score (nSPS) is 18.5. The van der Waals surface area contributed by atoms with Gasteiger partial charge in [-0.15, -0.1) is 0 Å². The molecule has 0 spiro atoms. The Kier molecular flexibility index (Phi) is 3.04. The molecule has 0 saturated carbocycles. The highest BCUT2D eigenvalue weighted by molar-refractivity contribution is 6.06. The van der Waals surface area contributed by atoms with Crippen molar-refractivity contribution in [3.63, 3.8) is 0 Å². The van der Waals surface area contributed by atoms with Crippen LogP contribution in [0.25, 0.3) is 5.57 Å². The summed E-state index contributed by atoms with van der Waals surface area (Å²) in [4.78, 5) is 12.2. The summed E-state index contributed by atoms with van der Waals surface area (Å²) in [6.07, 6.45) is 2.63. The minimum atomic E-state index is -0.00333. The molecule has 2 aromatic carbocycles. The Morgan fingerprint density at radius 3 is 2.37 bits per heavy atom. The predicted octanol–water partition coefficient (Wildman–Crippen LogP) is 4.14. The first kappa shape index (κ1) is 11.9. The number of allylic oxidation sites excluding steroid dienone is 2. The van der Waals surface area contributed by atoms with Crippen molar-refractivity contribution in [2.75, 3.05) is 0 Å². The average molecular weight is 248 g/mol. The van der Waals surface area contributed by atoms with Crippen LogP contribution in [0.3, 0.4) is 0 Å². The van der Waals surface area contributed by atoms with Gasteiger partial charge in [0.25, 0.3) is 0 Å². The molecule has 1 unspecified atom stereocenters. The van der Waals surface area contributed by atoms with Crippen LogP contribution in [0.5, 0.6) is 0 Å². The van der Waals surface area contributed by atoms with Gasteiger partial charge in [-0.3, -0.25) is 4.79 Å². The van der Waals surface area contributed by atoms with Gasteiger partial charge in [-0.05, 0) is 41.7 Å². The van der Waals surface area contributed by atoms with Crippen molar-refractivity contribution in [3.8, 4) is 0 Å². The number of rotatable bonds is 2. The molecular formula is C18H16O. The van der Waals surface area contributed by atoms with Crippen LogP contribution in [-0.4, -0.2) is 5.78 Å². The second kappa shape index (κ2) is 4.85.